The Morgan fingerprint density at radius 2 is 1.82 bits per heavy atom. The molecule has 28 heavy (non-hydrogen) atoms. The van der Waals surface area contributed by atoms with Gasteiger partial charge in [-0.15, -0.1) is 0 Å². The number of carbonyl (C=O) groups is 2. The van der Waals surface area contributed by atoms with Crippen molar-refractivity contribution in [3.63, 3.8) is 0 Å². The lowest BCUT2D eigenvalue weighted by molar-refractivity contribution is -0.122. The van der Waals surface area contributed by atoms with E-state index in [1.165, 1.54) is 0 Å². The van der Waals surface area contributed by atoms with E-state index in [2.05, 4.69) is 5.32 Å². The number of benzene rings is 2. The fourth-order valence-electron chi connectivity index (χ4n) is 3.17. The normalized spacial score (nSPS) is 16.0. The highest BCUT2D eigenvalue weighted by Gasteiger charge is 2.35. The van der Waals surface area contributed by atoms with Crippen molar-refractivity contribution in [1.82, 2.24) is 0 Å². The number of rotatable bonds is 7. The molecule has 7 heteroatoms. The van der Waals surface area contributed by atoms with Gasteiger partial charge in [0.15, 0.2) is 11.5 Å². The second-order valence-electron chi connectivity index (χ2n) is 6.39. The Morgan fingerprint density at radius 3 is 2.46 bits per heavy atom. The third-order valence-corrected chi connectivity index (χ3v) is 4.61. The molecule has 1 unspecified atom stereocenters. The number of carbonyl (C=O) groups excluding carboxylic acids is 2. The van der Waals surface area contributed by atoms with Crippen LogP contribution in [0.25, 0.3) is 0 Å². The molecule has 1 atom stereocenters. The molecule has 3 rings (SSSR count). The van der Waals surface area contributed by atoms with Gasteiger partial charge in [0.05, 0.1) is 26.7 Å². The van der Waals surface area contributed by atoms with Crippen molar-refractivity contribution in [2.75, 3.05) is 37.6 Å². The summed E-state index contributed by atoms with van der Waals surface area (Å²) in [6, 6.07) is 12.4. The van der Waals surface area contributed by atoms with E-state index in [1.807, 2.05) is 6.92 Å². The van der Waals surface area contributed by atoms with Crippen LogP contribution in [-0.4, -0.2) is 39.2 Å². The van der Waals surface area contributed by atoms with Gasteiger partial charge >= 0.3 is 0 Å². The Hall–Kier alpha value is -3.22. The molecule has 0 spiro atoms. The van der Waals surface area contributed by atoms with E-state index >= 15 is 0 Å². The molecule has 0 saturated carbocycles. The quantitative estimate of drug-likeness (QED) is 0.794. The summed E-state index contributed by atoms with van der Waals surface area (Å²) in [6.45, 7) is 2.82. The maximum absolute atomic E-state index is 12.6. The highest BCUT2D eigenvalue weighted by atomic mass is 16.5. The first-order valence-corrected chi connectivity index (χ1v) is 9.11. The van der Waals surface area contributed by atoms with E-state index in [0.717, 1.165) is 5.75 Å². The molecule has 2 amide bonds. The SMILES string of the molecule is CCOc1ccc(NC(=O)C2CC(=O)N(c3ccc(OC)c(OC)c3)C2)cc1. The number of nitrogens with one attached hydrogen (secondary N) is 1. The largest absolute Gasteiger partial charge is 0.494 e. The van der Waals surface area contributed by atoms with Crippen molar-refractivity contribution >= 4 is 23.2 Å². The third-order valence-electron chi connectivity index (χ3n) is 4.61. The first-order valence-electron chi connectivity index (χ1n) is 9.11. The van der Waals surface area contributed by atoms with E-state index in [4.69, 9.17) is 14.2 Å². The summed E-state index contributed by atoms with van der Waals surface area (Å²) >= 11 is 0. The molecule has 1 heterocycles. The number of ether oxygens (including phenoxy) is 3. The van der Waals surface area contributed by atoms with Crippen LogP contribution < -0.4 is 24.4 Å². The Morgan fingerprint density at radius 1 is 1.11 bits per heavy atom. The van der Waals surface area contributed by atoms with Crippen LogP contribution in [0, 0.1) is 5.92 Å². The molecule has 0 aliphatic carbocycles. The van der Waals surface area contributed by atoms with E-state index in [1.54, 1.807) is 61.6 Å². The summed E-state index contributed by atoms with van der Waals surface area (Å²) in [4.78, 5) is 26.7. The maximum Gasteiger partial charge on any atom is 0.229 e. The lowest BCUT2D eigenvalue weighted by atomic mass is 10.1. The van der Waals surface area contributed by atoms with Gasteiger partial charge in [-0.2, -0.15) is 0 Å². The van der Waals surface area contributed by atoms with Crippen LogP contribution in [-0.2, 0) is 9.59 Å². The Kier molecular flexibility index (Phi) is 6.03. The summed E-state index contributed by atoms with van der Waals surface area (Å²) in [6.07, 6.45) is 0.164. The minimum absolute atomic E-state index is 0.0981. The Bertz CT molecular complexity index is 850. The standard InChI is InChI=1S/C21H24N2O5/c1-4-28-17-8-5-15(6-9-17)22-21(25)14-11-20(24)23(13-14)16-7-10-18(26-2)19(12-16)27-3/h5-10,12,14H,4,11,13H2,1-3H3,(H,22,25). The zero-order valence-corrected chi connectivity index (χ0v) is 16.2. The van der Waals surface area contributed by atoms with Gasteiger partial charge in [-0.25, -0.2) is 0 Å². The van der Waals surface area contributed by atoms with E-state index in [9.17, 15) is 9.59 Å². The zero-order valence-electron chi connectivity index (χ0n) is 16.2. The molecular formula is C21H24N2O5. The van der Waals surface area contributed by atoms with E-state index in [-0.39, 0.29) is 18.2 Å². The van der Waals surface area contributed by atoms with Crippen molar-refractivity contribution in [3.05, 3.63) is 42.5 Å². The van der Waals surface area contributed by atoms with Gasteiger partial charge in [0.25, 0.3) is 0 Å². The highest BCUT2D eigenvalue weighted by Crippen LogP contribution is 2.34. The molecule has 0 radical (unpaired) electrons. The average molecular weight is 384 g/mol. The third kappa shape index (κ3) is 4.19. The van der Waals surface area contributed by atoms with Crippen LogP contribution in [0.5, 0.6) is 17.2 Å². The molecule has 1 saturated heterocycles. The van der Waals surface area contributed by atoms with Crippen molar-refractivity contribution < 1.29 is 23.8 Å². The molecule has 2 aromatic rings. The van der Waals surface area contributed by atoms with Gasteiger partial charge in [-0.3, -0.25) is 9.59 Å². The molecule has 2 aromatic carbocycles. The second-order valence-corrected chi connectivity index (χ2v) is 6.39. The second kappa shape index (κ2) is 8.65. The number of anilines is 2. The molecule has 0 aromatic heterocycles. The number of methoxy groups -OCH3 is 2. The maximum atomic E-state index is 12.6. The highest BCUT2D eigenvalue weighted by molar-refractivity contribution is 6.03. The van der Waals surface area contributed by atoms with Crippen LogP contribution in [0.2, 0.25) is 0 Å². The fourth-order valence-corrected chi connectivity index (χ4v) is 3.17. The minimum Gasteiger partial charge on any atom is -0.494 e. The minimum atomic E-state index is -0.424. The molecule has 1 aliphatic heterocycles. The predicted octanol–water partition coefficient (Wildman–Crippen LogP) is 3.09. The number of hydrogen-bond acceptors (Lipinski definition) is 5. The van der Waals surface area contributed by atoms with Crippen molar-refractivity contribution in [3.8, 4) is 17.2 Å². The van der Waals surface area contributed by atoms with Crippen molar-refractivity contribution in [1.29, 1.82) is 0 Å². The lowest BCUT2D eigenvalue weighted by Crippen LogP contribution is -2.28. The van der Waals surface area contributed by atoms with Gasteiger partial charge in [-0.1, -0.05) is 0 Å². The fraction of sp³-hybridized carbons (Fsp3) is 0.333. The summed E-state index contributed by atoms with van der Waals surface area (Å²) in [5.74, 6) is 1.17. The van der Waals surface area contributed by atoms with Crippen LogP contribution in [0.4, 0.5) is 11.4 Å². The molecule has 1 aliphatic rings. The number of nitrogens with zero attached hydrogens (tertiary/aromatic N) is 1. The van der Waals surface area contributed by atoms with Crippen LogP contribution >= 0.6 is 0 Å². The van der Waals surface area contributed by atoms with Crippen LogP contribution in [0.3, 0.4) is 0 Å². The van der Waals surface area contributed by atoms with Gasteiger partial charge in [0.2, 0.25) is 11.8 Å². The Labute approximate surface area is 164 Å². The summed E-state index contributed by atoms with van der Waals surface area (Å²) < 4.78 is 15.9. The van der Waals surface area contributed by atoms with E-state index in [0.29, 0.717) is 36.0 Å². The van der Waals surface area contributed by atoms with Crippen molar-refractivity contribution in [2.24, 2.45) is 5.92 Å². The first kappa shape index (κ1) is 19.5. The zero-order chi connectivity index (χ0) is 20.1. The number of amides is 2. The first-order chi connectivity index (χ1) is 13.5. The van der Waals surface area contributed by atoms with Crippen molar-refractivity contribution in [2.45, 2.75) is 13.3 Å². The van der Waals surface area contributed by atoms with Gasteiger partial charge < -0.3 is 24.4 Å². The molecule has 0 bridgehead atoms. The van der Waals surface area contributed by atoms with Gasteiger partial charge in [0, 0.05) is 30.4 Å². The summed E-state index contributed by atoms with van der Waals surface area (Å²) in [5.41, 5.74) is 1.35. The molecule has 148 valence electrons. The van der Waals surface area contributed by atoms with Gasteiger partial charge in [-0.05, 0) is 43.3 Å². The monoisotopic (exact) mass is 384 g/mol. The summed E-state index contributed by atoms with van der Waals surface area (Å²) in [7, 11) is 3.10. The average Bonchev–Trinajstić information content (AvgIpc) is 3.11. The molecule has 7 nitrogen and oxygen atoms in total. The topological polar surface area (TPSA) is 77.1 Å². The Balaban J connectivity index is 1.67. The van der Waals surface area contributed by atoms with E-state index < -0.39 is 5.92 Å². The van der Waals surface area contributed by atoms with Gasteiger partial charge in [0.1, 0.15) is 5.75 Å². The smallest absolute Gasteiger partial charge is 0.229 e. The van der Waals surface area contributed by atoms with Crippen LogP contribution in [0.1, 0.15) is 13.3 Å². The summed E-state index contributed by atoms with van der Waals surface area (Å²) in [5, 5.41) is 2.87. The number of hydrogen-bond donors (Lipinski definition) is 1. The molecule has 1 fully saturated rings. The molecule has 1 N–H and O–H groups in total. The molecular weight excluding hydrogens is 360 g/mol. The van der Waals surface area contributed by atoms with Crippen LogP contribution in [0.15, 0.2) is 42.5 Å². The lowest BCUT2D eigenvalue weighted by Gasteiger charge is -2.18. The predicted molar refractivity (Wildman–Crippen MR) is 106 cm³/mol.